The van der Waals surface area contributed by atoms with E-state index in [1.165, 1.54) is 18.2 Å². The minimum atomic E-state index is -4.39. The Morgan fingerprint density at radius 3 is 2.73 bits per heavy atom. The molecular weight excluding hydrogens is 315 g/mol. The second-order valence-electron chi connectivity index (χ2n) is 4.61. The van der Waals surface area contributed by atoms with Crippen LogP contribution in [-0.4, -0.2) is 21.2 Å². The molecule has 1 aromatic heterocycles. The van der Waals surface area contributed by atoms with Gasteiger partial charge in [-0.3, -0.25) is 9.48 Å². The van der Waals surface area contributed by atoms with E-state index in [1.54, 1.807) is 30.2 Å². The van der Waals surface area contributed by atoms with Crippen molar-refractivity contribution >= 4 is 23.4 Å². The molecule has 0 fully saturated rings. The number of carbonyl (C=O) groups is 1. The Labute approximate surface area is 129 Å². The monoisotopic (exact) mass is 329 g/mol. The maximum Gasteiger partial charge on any atom is 0.446 e. The second kappa shape index (κ2) is 6.87. The fourth-order valence-electron chi connectivity index (χ4n) is 1.86. The molecule has 2 aromatic rings. The molecule has 118 valence electrons. The fourth-order valence-corrected chi connectivity index (χ4v) is 2.48. The van der Waals surface area contributed by atoms with E-state index in [-0.39, 0.29) is 34.7 Å². The van der Waals surface area contributed by atoms with E-state index in [0.29, 0.717) is 6.42 Å². The summed E-state index contributed by atoms with van der Waals surface area (Å²) in [5.74, 6) is -0.334. The molecule has 0 radical (unpaired) electrons. The Bertz CT molecular complexity index is 655. The fraction of sp³-hybridized carbons (Fsp3) is 0.286. The zero-order chi connectivity index (χ0) is 16.2. The van der Waals surface area contributed by atoms with Gasteiger partial charge >= 0.3 is 5.51 Å². The first-order valence-electron chi connectivity index (χ1n) is 6.45. The van der Waals surface area contributed by atoms with Crippen molar-refractivity contribution in [2.45, 2.75) is 23.2 Å². The number of amides is 1. The highest BCUT2D eigenvalue weighted by Gasteiger charge is 2.30. The van der Waals surface area contributed by atoms with Crippen LogP contribution < -0.4 is 5.32 Å². The number of benzene rings is 1. The number of nitrogens with one attached hydrogen (secondary N) is 1. The maximum absolute atomic E-state index is 12.5. The number of alkyl halides is 3. The summed E-state index contributed by atoms with van der Waals surface area (Å²) in [4.78, 5) is 11.9. The molecule has 0 atom stereocenters. The van der Waals surface area contributed by atoms with Gasteiger partial charge in [-0.15, -0.1) is 0 Å². The average Bonchev–Trinajstić information content (AvgIpc) is 2.83. The number of halogens is 3. The van der Waals surface area contributed by atoms with E-state index in [0.717, 1.165) is 5.56 Å². The van der Waals surface area contributed by atoms with Gasteiger partial charge in [-0.25, -0.2) is 0 Å². The molecular formula is C14H14F3N3OS. The van der Waals surface area contributed by atoms with E-state index < -0.39 is 5.51 Å². The molecule has 0 saturated carbocycles. The number of rotatable bonds is 5. The lowest BCUT2D eigenvalue weighted by Gasteiger charge is -2.12. The molecule has 1 amide bonds. The molecule has 0 aliphatic carbocycles. The van der Waals surface area contributed by atoms with Crippen molar-refractivity contribution in [1.29, 1.82) is 0 Å². The first-order chi connectivity index (χ1) is 10.3. The van der Waals surface area contributed by atoms with Crippen LogP contribution in [0.25, 0.3) is 0 Å². The predicted octanol–water partition coefficient (Wildman–Crippen LogP) is 3.60. The summed E-state index contributed by atoms with van der Waals surface area (Å²) in [5, 5.41) is 6.51. The highest BCUT2D eigenvalue weighted by molar-refractivity contribution is 8.00. The summed E-state index contributed by atoms with van der Waals surface area (Å²) >= 11 is -0.241. The van der Waals surface area contributed by atoms with Gasteiger partial charge in [0.15, 0.2) is 0 Å². The van der Waals surface area contributed by atoms with E-state index in [2.05, 4.69) is 10.4 Å². The van der Waals surface area contributed by atoms with Gasteiger partial charge in [-0.2, -0.15) is 18.3 Å². The normalized spacial score (nSPS) is 11.5. The van der Waals surface area contributed by atoms with Crippen molar-refractivity contribution in [3.63, 3.8) is 0 Å². The molecule has 1 heterocycles. The first kappa shape index (κ1) is 16.4. The Hall–Kier alpha value is -1.96. The number of anilines is 1. The first-order valence-corrected chi connectivity index (χ1v) is 7.27. The summed E-state index contributed by atoms with van der Waals surface area (Å²) in [6.45, 7) is 0. The number of aromatic nitrogens is 2. The van der Waals surface area contributed by atoms with Crippen LogP contribution in [0.2, 0.25) is 0 Å². The third-order valence-electron chi connectivity index (χ3n) is 2.79. The van der Waals surface area contributed by atoms with Gasteiger partial charge in [0.05, 0.1) is 11.9 Å². The van der Waals surface area contributed by atoms with Crippen LogP contribution in [0, 0.1) is 0 Å². The Morgan fingerprint density at radius 2 is 2.09 bits per heavy atom. The lowest BCUT2D eigenvalue weighted by molar-refractivity contribution is -0.116. The Morgan fingerprint density at radius 1 is 1.36 bits per heavy atom. The van der Waals surface area contributed by atoms with Gasteiger partial charge in [-0.05, 0) is 35.9 Å². The summed E-state index contributed by atoms with van der Waals surface area (Å²) in [6, 6.07) is 5.86. The highest BCUT2D eigenvalue weighted by atomic mass is 32.2. The molecule has 0 spiro atoms. The zero-order valence-corrected chi connectivity index (χ0v) is 12.5. The molecule has 0 aliphatic heterocycles. The Balaban J connectivity index is 1.96. The number of hydrogen-bond acceptors (Lipinski definition) is 3. The summed E-state index contributed by atoms with van der Waals surface area (Å²) in [7, 11) is 1.77. The average molecular weight is 329 g/mol. The van der Waals surface area contributed by atoms with E-state index in [1.807, 2.05) is 0 Å². The van der Waals surface area contributed by atoms with Gasteiger partial charge in [-0.1, -0.05) is 12.1 Å². The second-order valence-corrected chi connectivity index (χ2v) is 5.72. The SMILES string of the molecule is Cn1cc(CCC(=O)Nc2ccccc2SC(F)(F)F)cn1. The minimum absolute atomic E-state index is 0.0234. The van der Waals surface area contributed by atoms with E-state index in [4.69, 9.17) is 0 Å². The molecule has 4 nitrogen and oxygen atoms in total. The lowest BCUT2D eigenvalue weighted by Crippen LogP contribution is -2.13. The molecule has 0 unspecified atom stereocenters. The van der Waals surface area contributed by atoms with Crippen LogP contribution >= 0.6 is 11.8 Å². The van der Waals surface area contributed by atoms with E-state index >= 15 is 0 Å². The Kier molecular flexibility index (Phi) is 5.12. The molecule has 0 bridgehead atoms. The van der Waals surface area contributed by atoms with Crippen molar-refractivity contribution in [3.8, 4) is 0 Å². The van der Waals surface area contributed by atoms with Crippen molar-refractivity contribution in [3.05, 3.63) is 42.2 Å². The van der Waals surface area contributed by atoms with Crippen molar-refractivity contribution < 1.29 is 18.0 Å². The minimum Gasteiger partial charge on any atom is -0.325 e. The zero-order valence-electron chi connectivity index (χ0n) is 11.7. The summed E-state index contributed by atoms with van der Waals surface area (Å²) in [5.41, 5.74) is -3.33. The van der Waals surface area contributed by atoms with Crippen molar-refractivity contribution in [2.24, 2.45) is 7.05 Å². The highest BCUT2D eigenvalue weighted by Crippen LogP contribution is 2.40. The number of carbonyl (C=O) groups excluding carboxylic acids is 1. The van der Waals surface area contributed by atoms with Crippen LogP contribution in [0.1, 0.15) is 12.0 Å². The van der Waals surface area contributed by atoms with Crippen LogP contribution in [0.15, 0.2) is 41.6 Å². The van der Waals surface area contributed by atoms with Crippen LogP contribution in [-0.2, 0) is 18.3 Å². The van der Waals surface area contributed by atoms with Crippen molar-refractivity contribution in [1.82, 2.24) is 9.78 Å². The number of aryl methyl sites for hydroxylation is 2. The predicted molar refractivity (Wildman–Crippen MR) is 78.5 cm³/mol. The quantitative estimate of drug-likeness (QED) is 0.853. The third-order valence-corrected chi connectivity index (χ3v) is 3.59. The lowest BCUT2D eigenvalue weighted by atomic mass is 10.2. The molecule has 0 saturated heterocycles. The molecule has 0 aliphatic rings. The van der Waals surface area contributed by atoms with Crippen LogP contribution in [0.5, 0.6) is 0 Å². The number of para-hydroxylation sites is 1. The topological polar surface area (TPSA) is 46.9 Å². The third kappa shape index (κ3) is 5.10. The van der Waals surface area contributed by atoms with Gasteiger partial charge in [0, 0.05) is 24.6 Å². The van der Waals surface area contributed by atoms with Gasteiger partial charge in [0.2, 0.25) is 5.91 Å². The smallest absolute Gasteiger partial charge is 0.325 e. The summed E-state index contributed by atoms with van der Waals surface area (Å²) < 4.78 is 39.0. The molecule has 2 rings (SSSR count). The molecule has 1 aromatic carbocycles. The standard InChI is InChI=1S/C14H14F3N3OS/c1-20-9-10(8-18-20)6-7-13(21)19-11-4-2-3-5-12(11)22-14(15,16)17/h2-5,8-9H,6-7H2,1H3,(H,19,21). The molecule has 8 heteroatoms. The maximum atomic E-state index is 12.5. The van der Waals surface area contributed by atoms with Gasteiger partial charge < -0.3 is 5.32 Å². The number of hydrogen-bond donors (Lipinski definition) is 1. The van der Waals surface area contributed by atoms with Crippen molar-refractivity contribution in [2.75, 3.05) is 5.32 Å². The molecule has 22 heavy (non-hydrogen) atoms. The summed E-state index contributed by atoms with van der Waals surface area (Å²) in [6.07, 6.45) is 4.10. The number of thioether (sulfide) groups is 1. The largest absolute Gasteiger partial charge is 0.446 e. The van der Waals surface area contributed by atoms with E-state index in [9.17, 15) is 18.0 Å². The molecule has 1 N–H and O–H groups in total. The van der Waals surface area contributed by atoms with Crippen LogP contribution in [0.3, 0.4) is 0 Å². The van der Waals surface area contributed by atoms with Crippen LogP contribution in [0.4, 0.5) is 18.9 Å². The number of nitrogens with zero attached hydrogens (tertiary/aromatic N) is 2. The van der Waals surface area contributed by atoms with Gasteiger partial charge in [0.25, 0.3) is 0 Å². The van der Waals surface area contributed by atoms with Gasteiger partial charge in [0.1, 0.15) is 0 Å².